The van der Waals surface area contributed by atoms with Gasteiger partial charge in [0.05, 0.1) is 7.11 Å². The van der Waals surface area contributed by atoms with Gasteiger partial charge in [-0.2, -0.15) is 0 Å². The summed E-state index contributed by atoms with van der Waals surface area (Å²) in [4.78, 5) is 4.00. The molecule has 2 aromatic rings. The Morgan fingerprint density at radius 1 is 1.37 bits per heavy atom. The lowest BCUT2D eigenvalue weighted by atomic mass is 10.0. The number of benzene rings is 1. The van der Waals surface area contributed by atoms with Crippen LogP contribution >= 0.6 is 0 Å². The van der Waals surface area contributed by atoms with E-state index in [1.54, 1.807) is 12.3 Å². The van der Waals surface area contributed by atoms with E-state index < -0.39 is 11.9 Å². The van der Waals surface area contributed by atoms with Crippen LogP contribution in [0, 0.1) is 12.7 Å². The van der Waals surface area contributed by atoms with Gasteiger partial charge in [-0.3, -0.25) is 0 Å². The van der Waals surface area contributed by atoms with E-state index in [9.17, 15) is 9.50 Å². The van der Waals surface area contributed by atoms with E-state index in [1.807, 2.05) is 6.92 Å². The van der Waals surface area contributed by atoms with E-state index in [4.69, 9.17) is 10.5 Å². The number of methoxy groups -OCH3 is 1. The number of halogens is 1. The number of hydrogen-bond donors (Lipinski definition) is 2. The molecule has 0 saturated heterocycles. The molecule has 0 saturated carbocycles. The highest BCUT2D eigenvalue weighted by atomic mass is 19.1. The highest BCUT2D eigenvalue weighted by Crippen LogP contribution is 2.29. The van der Waals surface area contributed by atoms with Gasteiger partial charge < -0.3 is 15.6 Å². The smallest absolute Gasteiger partial charge is 0.165 e. The number of rotatable bonds is 3. The Hall–Kier alpha value is -2.14. The highest BCUT2D eigenvalue weighted by Gasteiger charge is 2.16. The Bertz CT molecular complexity index is 602. The molecule has 0 aliphatic carbocycles. The maximum Gasteiger partial charge on any atom is 0.165 e. The Morgan fingerprint density at radius 2 is 2.11 bits per heavy atom. The Morgan fingerprint density at radius 3 is 2.79 bits per heavy atom. The number of anilines is 1. The summed E-state index contributed by atoms with van der Waals surface area (Å²) >= 11 is 0. The normalized spacial score (nSPS) is 12.2. The van der Waals surface area contributed by atoms with Gasteiger partial charge in [-0.1, -0.05) is 6.07 Å². The number of pyridine rings is 1. The van der Waals surface area contributed by atoms with Crippen LogP contribution in [0.3, 0.4) is 0 Å². The molecule has 1 aromatic heterocycles. The number of ether oxygens (including phenoxy) is 1. The monoisotopic (exact) mass is 262 g/mol. The van der Waals surface area contributed by atoms with Crippen molar-refractivity contribution in [2.24, 2.45) is 0 Å². The van der Waals surface area contributed by atoms with Crippen LogP contribution in [0.25, 0.3) is 0 Å². The molecule has 19 heavy (non-hydrogen) atoms. The number of hydrogen-bond acceptors (Lipinski definition) is 4. The summed E-state index contributed by atoms with van der Waals surface area (Å²) in [5.41, 5.74) is 7.63. The molecule has 0 bridgehead atoms. The standard InChI is InChI=1S/C14H15FN2O2/c1-8-5-10(14(16)17-7-8)13(18)9-3-4-11(15)12(6-9)19-2/h3-7,13,18H,1-2H3,(H2,16,17). The average Bonchev–Trinajstić information content (AvgIpc) is 2.41. The summed E-state index contributed by atoms with van der Waals surface area (Å²) in [7, 11) is 1.37. The Kier molecular flexibility index (Phi) is 3.66. The highest BCUT2D eigenvalue weighted by molar-refractivity contribution is 5.47. The maximum absolute atomic E-state index is 13.3. The molecule has 0 fully saturated rings. The fourth-order valence-corrected chi connectivity index (χ4v) is 1.85. The summed E-state index contributed by atoms with van der Waals surface area (Å²) in [6.07, 6.45) is 0.651. The Labute approximate surface area is 110 Å². The second-order valence-electron chi connectivity index (χ2n) is 4.28. The van der Waals surface area contributed by atoms with Crippen LogP contribution in [-0.4, -0.2) is 17.2 Å². The van der Waals surface area contributed by atoms with Crippen molar-refractivity contribution in [3.05, 3.63) is 53.0 Å². The van der Waals surface area contributed by atoms with Crippen molar-refractivity contribution in [1.82, 2.24) is 4.98 Å². The lowest BCUT2D eigenvalue weighted by molar-refractivity contribution is 0.220. The van der Waals surface area contributed by atoms with Crippen LogP contribution in [0.1, 0.15) is 22.8 Å². The summed E-state index contributed by atoms with van der Waals surface area (Å²) in [5.74, 6) is -0.147. The largest absolute Gasteiger partial charge is 0.494 e. The average molecular weight is 262 g/mol. The van der Waals surface area contributed by atoms with Gasteiger partial charge in [0.15, 0.2) is 11.6 Å². The summed E-state index contributed by atoms with van der Waals surface area (Å²) in [6.45, 7) is 1.86. The number of aliphatic hydroxyl groups excluding tert-OH is 1. The first-order chi connectivity index (χ1) is 9.02. The zero-order valence-electron chi connectivity index (χ0n) is 10.7. The molecule has 1 aromatic carbocycles. The van der Waals surface area contributed by atoms with Crippen LogP contribution in [0.5, 0.6) is 5.75 Å². The van der Waals surface area contributed by atoms with Crippen LogP contribution in [0.4, 0.5) is 10.2 Å². The molecule has 0 amide bonds. The minimum absolute atomic E-state index is 0.0794. The number of nitrogens with zero attached hydrogens (tertiary/aromatic N) is 1. The maximum atomic E-state index is 13.3. The van der Waals surface area contributed by atoms with E-state index in [1.165, 1.54) is 25.3 Å². The van der Waals surface area contributed by atoms with Gasteiger partial charge >= 0.3 is 0 Å². The Balaban J connectivity index is 2.43. The van der Waals surface area contributed by atoms with E-state index in [0.29, 0.717) is 11.1 Å². The first-order valence-corrected chi connectivity index (χ1v) is 5.76. The minimum atomic E-state index is -0.970. The first-order valence-electron chi connectivity index (χ1n) is 5.76. The van der Waals surface area contributed by atoms with Crippen molar-refractivity contribution < 1.29 is 14.2 Å². The molecule has 0 aliphatic heterocycles. The topological polar surface area (TPSA) is 68.4 Å². The third-order valence-electron chi connectivity index (χ3n) is 2.87. The van der Waals surface area contributed by atoms with Crippen molar-refractivity contribution in [3.63, 3.8) is 0 Å². The predicted molar refractivity (Wildman–Crippen MR) is 70.4 cm³/mol. The zero-order chi connectivity index (χ0) is 14.0. The molecule has 1 atom stereocenters. The first kappa shape index (κ1) is 13.3. The molecular formula is C14H15FN2O2. The van der Waals surface area contributed by atoms with E-state index in [-0.39, 0.29) is 11.6 Å². The van der Waals surface area contributed by atoms with E-state index >= 15 is 0 Å². The lowest BCUT2D eigenvalue weighted by Gasteiger charge is -2.15. The number of aromatic nitrogens is 1. The van der Waals surface area contributed by atoms with Crippen molar-refractivity contribution in [2.75, 3.05) is 12.8 Å². The van der Waals surface area contributed by atoms with Gasteiger partial charge in [0.1, 0.15) is 11.9 Å². The van der Waals surface area contributed by atoms with Crippen LogP contribution in [-0.2, 0) is 0 Å². The molecular weight excluding hydrogens is 247 g/mol. The molecule has 100 valence electrons. The summed E-state index contributed by atoms with van der Waals surface area (Å²) in [6, 6.07) is 5.94. The zero-order valence-corrected chi connectivity index (χ0v) is 10.7. The molecule has 4 nitrogen and oxygen atoms in total. The summed E-state index contributed by atoms with van der Waals surface area (Å²) in [5, 5.41) is 10.3. The fraction of sp³-hybridized carbons (Fsp3) is 0.214. The SMILES string of the molecule is COc1cc(C(O)c2cc(C)cnc2N)ccc1F. The fourth-order valence-electron chi connectivity index (χ4n) is 1.85. The van der Waals surface area contributed by atoms with E-state index in [0.717, 1.165) is 5.56 Å². The van der Waals surface area contributed by atoms with Crippen molar-refractivity contribution in [2.45, 2.75) is 13.0 Å². The lowest BCUT2D eigenvalue weighted by Crippen LogP contribution is -2.06. The van der Waals surface area contributed by atoms with E-state index in [2.05, 4.69) is 4.98 Å². The number of aryl methyl sites for hydroxylation is 1. The number of aliphatic hydroxyl groups is 1. The van der Waals surface area contributed by atoms with Crippen molar-refractivity contribution in [3.8, 4) is 5.75 Å². The van der Waals surface area contributed by atoms with Gasteiger partial charge in [0, 0.05) is 11.8 Å². The molecule has 3 N–H and O–H groups in total. The van der Waals surface area contributed by atoms with Gasteiger partial charge in [0.2, 0.25) is 0 Å². The molecule has 2 rings (SSSR count). The predicted octanol–water partition coefficient (Wildman–Crippen LogP) is 2.20. The van der Waals surface area contributed by atoms with Crippen molar-refractivity contribution in [1.29, 1.82) is 0 Å². The second kappa shape index (κ2) is 5.24. The number of nitrogen functional groups attached to an aromatic ring is 1. The second-order valence-corrected chi connectivity index (χ2v) is 4.28. The van der Waals surface area contributed by atoms with Crippen LogP contribution in [0.15, 0.2) is 30.5 Å². The van der Waals surface area contributed by atoms with Gasteiger partial charge in [-0.15, -0.1) is 0 Å². The number of nitrogens with two attached hydrogens (primary N) is 1. The summed E-state index contributed by atoms with van der Waals surface area (Å²) < 4.78 is 18.2. The third-order valence-corrected chi connectivity index (χ3v) is 2.87. The van der Waals surface area contributed by atoms with Gasteiger partial charge in [-0.05, 0) is 36.2 Å². The van der Waals surface area contributed by atoms with Gasteiger partial charge in [-0.25, -0.2) is 9.37 Å². The van der Waals surface area contributed by atoms with Crippen LogP contribution < -0.4 is 10.5 Å². The molecule has 5 heteroatoms. The quantitative estimate of drug-likeness (QED) is 0.889. The molecule has 0 aliphatic rings. The van der Waals surface area contributed by atoms with Gasteiger partial charge in [0.25, 0.3) is 0 Å². The van der Waals surface area contributed by atoms with Crippen molar-refractivity contribution >= 4 is 5.82 Å². The molecule has 1 unspecified atom stereocenters. The third kappa shape index (κ3) is 2.66. The van der Waals surface area contributed by atoms with Crippen LogP contribution in [0.2, 0.25) is 0 Å². The molecule has 1 heterocycles. The molecule has 0 spiro atoms. The minimum Gasteiger partial charge on any atom is -0.494 e. The molecule has 0 radical (unpaired) electrons.